The Morgan fingerprint density at radius 2 is 2.44 bits per heavy atom. The molecule has 1 heterocycles. The van der Waals surface area contributed by atoms with Crippen LogP contribution in [0.5, 0.6) is 0 Å². The van der Waals surface area contributed by atoms with E-state index in [0.29, 0.717) is 6.16 Å². The van der Waals surface area contributed by atoms with Gasteiger partial charge in [-0.3, -0.25) is 5.09 Å². The Morgan fingerprint density at radius 1 is 1.78 bits per heavy atom. The van der Waals surface area contributed by atoms with Crippen molar-refractivity contribution in [3.05, 3.63) is 0 Å². The van der Waals surface area contributed by atoms with Crippen molar-refractivity contribution in [2.75, 3.05) is 12.8 Å². The van der Waals surface area contributed by atoms with Crippen LogP contribution in [0.4, 0.5) is 0 Å². The van der Waals surface area contributed by atoms with Gasteiger partial charge >= 0.3 is 0 Å². The van der Waals surface area contributed by atoms with E-state index in [1.54, 1.807) is 6.66 Å². The van der Waals surface area contributed by atoms with Gasteiger partial charge in [-0.1, -0.05) is 0 Å². The Bertz CT molecular complexity index is 168. The summed E-state index contributed by atoms with van der Waals surface area (Å²) in [6.07, 6.45) is 2.22. The molecule has 0 amide bonds. The van der Waals surface area contributed by atoms with E-state index < -0.39 is 7.29 Å². The lowest BCUT2D eigenvalue weighted by Gasteiger charge is -2.02. The van der Waals surface area contributed by atoms with Gasteiger partial charge in [0.05, 0.1) is 6.04 Å². The monoisotopic (exact) mass is 147 g/mol. The maximum Gasteiger partial charge on any atom is 0.145 e. The van der Waals surface area contributed by atoms with Crippen molar-refractivity contribution >= 4 is 13.6 Å². The van der Waals surface area contributed by atoms with Gasteiger partial charge in [0.1, 0.15) is 13.6 Å². The van der Waals surface area contributed by atoms with Crippen molar-refractivity contribution in [3.8, 4) is 0 Å². The summed E-state index contributed by atoms with van der Waals surface area (Å²) in [4.78, 5) is 10.1. The Morgan fingerprint density at radius 3 is 2.67 bits per heavy atom. The Kier molecular flexibility index (Phi) is 1.73. The summed E-state index contributed by atoms with van der Waals surface area (Å²) in [5, 5.41) is 2.77. The van der Waals surface area contributed by atoms with Crippen LogP contribution >= 0.6 is 7.29 Å². The number of hydrogen-bond acceptors (Lipinski definition) is 2. The fourth-order valence-electron chi connectivity index (χ4n) is 0.964. The van der Waals surface area contributed by atoms with E-state index in [9.17, 15) is 9.36 Å². The minimum atomic E-state index is -2.10. The summed E-state index contributed by atoms with van der Waals surface area (Å²) in [6, 6.07) is -0.152. The molecule has 3 nitrogen and oxygen atoms in total. The lowest BCUT2D eigenvalue weighted by molar-refractivity contribution is -0.109. The van der Waals surface area contributed by atoms with Gasteiger partial charge in [0.25, 0.3) is 0 Å². The second kappa shape index (κ2) is 2.24. The van der Waals surface area contributed by atoms with E-state index in [0.717, 1.165) is 12.7 Å². The highest BCUT2D eigenvalue weighted by Gasteiger charge is 2.27. The molecule has 1 saturated heterocycles. The maximum absolute atomic E-state index is 11.1. The van der Waals surface area contributed by atoms with E-state index in [4.69, 9.17) is 0 Å². The largest absolute Gasteiger partial charge is 0.307 e. The molecule has 1 fully saturated rings. The Hall–Kier alpha value is -0.140. The zero-order valence-electron chi connectivity index (χ0n) is 5.33. The van der Waals surface area contributed by atoms with Gasteiger partial charge in [-0.25, -0.2) is 0 Å². The van der Waals surface area contributed by atoms with Crippen molar-refractivity contribution in [2.45, 2.75) is 12.5 Å². The molecule has 0 aliphatic carbocycles. The molecule has 0 saturated carbocycles. The van der Waals surface area contributed by atoms with Gasteiger partial charge in [-0.15, -0.1) is 0 Å². The average Bonchev–Trinajstić information content (AvgIpc) is 2.10. The van der Waals surface area contributed by atoms with Crippen LogP contribution in [0.2, 0.25) is 0 Å². The summed E-state index contributed by atoms with van der Waals surface area (Å²) in [5.74, 6) is 0. The maximum atomic E-state index is 11.1. The van der Waals surface area contributed by atoms with Crippen LogP contribution in [0.15, 0.2) is 0 Å². The van der Waals surface area contributed by atoms with Crippen LogP contribution in [0.25, 0.3) is 0 Å². The predicted molar refractivity (Wildman–Crippen MR) is 36.0 cm³/mol. The van der Waals surface area contributed by atoms with Crippen LogP contribution in [0, 0.1) is 0 Å². The van der Waals surface area contributed by atoms with Gasteiger partial charge in [-0.05, 0) is 6.42 Å². The number of hydrogen-bond donors (Lipinski definition) is 1. The van der Waals surface area contributed by atoms with E-state index >= 15 is 0 Å². The van der Waals surface area contributed by atoms with Gasteiger partial charge < -0.3 is 9.36 Å². The molecule has 2 atom stereocenters. The molecule has 0 aromatic heterocycles. The quantitative estimate of drug-likeness (QED) is 0.432. The predicted octanol–water partition coefficient (Wildman–Crippen LogP) is 0.455. The smallest absolute Gasteiger partial charge is 0.145 e. The summed E-state index contributed by atoms with van der Waals surface area (Å²) < 4.78 is 11.1. The molecule has 0 radical (unpaired) electrons. The SMILES string of the molecule is CP1(=O)CC[C@@H](C=O)N1. The normalized spacial score (nSPS) is 43.0. The summed E-state index contributed by atoms with van der Waals surface area (Å²) in [7, 11) is -2.10. The number of rotatable bonds is 1. The molecule has 1 aliphatic rings. The fraction of sp³-hybridized carbons (Fsp3) is 0.800. The molecule has 0 aromatic rings. The molecule has 4 heteroatoms. The highest BCUT2D eigenvalue weighted by atomic mass is 31.2. The van der Waals surface area contributed by atoms with E-state index in [1.165, 1.54) is 0 Å². The fourth-order valence-corrected chi connectivity index (χ4v) is 2.76. The highest BCUT2D eigenvalue weighted by molar-refractivity contribution is 7.61. The van der Waals surface area contributed by atoms with Crippen molar-refractivity contribution in [1.82, 2.24) is 5.09 Å². The molecule has 0 aromatic carbocycles. The van der Waals surface area contributed by atoms with Crippen molar-refractivity contribution in [2.24, 2.45) is 0 Å². The third-order valence-corrected chi connectivity index (χ3v) is 3.46. The van der Waals surface area contributed by atoms with Gasteiger partial charge in [0, 0.05) is 12.8 Å². The van der Waals surface area contributed by atoms with Crippen LogP contribution in [0.3, 0.4) is 0 Å². The lowest BCUT2D eigenvalue weighted by atomic mass is 10.3. The zero-order valence-corrected chi connectivity index (χ0v) is 6.23. The molecule has 1 unspecified atom stereocenters. The molecule has 0 spiro atoms. The highest BCUT2D eigenvalue weighted by Crippen LogP contribution is 2.42. The summed E-state index contributed by atoms with van der Waals surface area (Å²) in [6.45, 7) is 1.68. The van der Waals surface area contributed by atoms with Crippen LogP contribution < -0.4 is 5.09 Å². The van der Waals surface area contributed by atoms with E-state index in [1.807, 2.05) is 0 Å². The third kappa shape index (κ3) is 1.63. The first-order chi connectivity index (χ1) is 4.14. The number of aldehydes is 1. The van der Waals surface area contributed by atoms with Crippen LogP contribution in [-0.2, 0) is 9.36 Å². The standard InChI is InChI=1S/C5H10NO2P/c1-9(8)3-2-5(4-7)6-9/h4-5H,2-3H2,1H3,(H,6,8)/t5-,9?/m0/s1. The van der Waals surface area contributed by atoms with Gasteiger partial charge in [-0.2, -0.15) is 0 Å². The number of nitrogens with one attached hydrogen (secondary N) is 1. The van der Waals surface area contributed by atoms with Crippen molar-refractivity contribution in [1.29, 1.82) is 0 Å². The molecular weight excluding hydrogens is 137 g/mol. The van der Waals surface area contributed by atoms with E-state index in [-0.39, 0.29) is 6.04 Å². The number of carbonyl (C=O) groups is 1. The van der Waals surface area contributed by atoms with Crippen LogP contribution in [-0.4, -0.2) is 25.2 Å². The molecule has 1 N–H and O–H groups in total. The first kappa shape index (κ1) is 6.97. The molecule has 1 rings (SSSR count). The second-order valence-electron chi connectivity index (χ2n) is 2.48. The van der Waals surface area contributed by atoms with Crippen molar-refractivity contribution in [3.63, 3.8) is 0 Å². The minimum absolute atomic E-state index is 0.152. The molecule has 9 heavy (non-hydrogen) atoms. The first-order valence-electron chi connectivity index (χ1n) is 2.94. The zero-order chi connectivity index (χ0) is 6.91. The Labute approximate surface area is 54.3 Å². The lowest BCUT2D eigenvalue weighted by Crippen LogP contribution is -2.19. The molecule has 0 bridgehead atoms. The van der Waals surface area contributed by atoms with Gasteiger partial charge in [0.2, 0.25) is 0 Å². The first-order valence-corrected chi connectivity index (χ1v) is 5.27. The summed E-state index contributed by atoms with van der Waals surface area (Å²) in [5.41, 5.74) is 0. The van der Waals surface area contributed by atoms with Crippen molar-refractivity contribution < 1.29 is 9.36 Å². The average molecular weight is 147 g/mol. The summed E-state index contributed by atoms with van der Waals surface area (Å²) >= 11 is 0. The molecular formula is C5H10NO2P. The number of carbonyl (C=O) groups excluding carboxylic acids is 1. The van der Waals surface area contributed by atoms with Gasteiger partial charge in [0.15, 0.2) is 0 Å². The second-order valence-corrected chi connectivity index (χ2v) is 5.39. The Balaban J connectivity index is 2.57. The van der Waals surface area contributed by atoms with E-state index in [2.05, 4.69) is 5.09 Å². The molecule has 52 valence electrons. The third-order valence-electron chi connectivity index (χ3n) is 1.47. The molecule has 1 aliphatic heterocycles. The topological polar surface area (TPSA) is 46.2 Å². The minimum Gasteiger partial charge on any atom is -0.307 e. The van der Waals surface area contributed by atoms with Crippen LogP contribution in [0.1, 0.15) is 6.42 Å².